The highest BCUT2D eigenvalue weighted by Crippen LogP contribution is 2.35. The van der Waals surface area contributed by atoms with Crippen LogP contribution in [0.25, 0.3) is 0 Å². The minimum atomic E-state index is 0.268. The molecule has 1 aliphatic rings. The molecule has 1 saturated carbocycles. The lowest BCUT2D eigenvalue weighted by molar-refractivity contribution is 0.438. The van der Waals surface area contributed by atoms with Crippen molar-refractivity contribution in [1.82, 2.24) is 4.37 Å². The fourth-order valence-corrected chi connectivity index (χ4v) is 3.09. The lowest BCUT2D eigenvalue weighted by Crippen LogP contribution is -2.08. The average Bonchev–Trinajstić information content (AvgIpc) is 2.67. The number of hydrogen-bond donors (Lipinski definition) is 0. The van der Waals surface area contributed by atoms with Crippen LogP contribution < -0.4 is 0 Å². The lowest BCUT2D eigenvalue weighted by atomic mass is 9.86. The molecule has 1 fully saturated rings. The summed E-state index contributed by atoms with van der Waals surface area (Å²) in [4.78, 5) is 1.43. The van der Waals surface area contributed by atoms with Crippen molar-refractivity contribution in [3.05, 3.63) is 16.6 Å². The van der Waals surface area contributed by atoms with Crippen molar-refractivity contribution in [3.8, 4) is 0 Å². The molecule has 0 atom stereocenters. The molecule has 0 amide bonds. The van der Waals surface area contributed by atoms with Gasteiger partial charge >= 0.3 is 0 Å². The van der Waals surface area contributed by atoms with Crippen molar-refractivity contribution in [2.24, 2.45) is 0 Å². The first-order valence-corrected chi connectivity index (χ1v) is 6.82. The van der Waals surface area contributed by atoms with E-state index in [1.54, 1.807) is 11.5 Å². The van der Waals surface area contributed by atoms with Crippen molar-refractivity contribution in [2.75, 3.05) is 0 Å². The van der Waals surface area contributed by atoms with Crippen LogP contribution in [0.3, 0.4) is 0 Å². The highest BCUT2D eigenvalue weighted by atomic mass is 32.1. The highest BCUT2D eigenvalue weighted by molar-refractivity contribution is 7.06. The second kappa shape index (κ2) is 4.25. The van der Waals surface area contributed by atoms with E-state index in [9.17, 15) is 0 Å². The maximum atomic E-state index is 4.65. The van der Waals surface area contributed by atoms with Gasteiger partial charge < -0.3 is 0 Å². The predicted octanol–water partition coefficient (Wildman–Crippen LogP) is 4.49. The molecule has 0 bridgehead atoms. The molecule has 0 aliphatic heterocycles. The fraction of sp³-hybridized carbons (Fsp3) is 0.769. The van der Waals surface area contributed by atoms with Crippen LogP contribution in [-0.4, -0.2) is 4.37 Å². The third kappa shape index (κ3) is 2.60. The normalized spacial score (nSPS) is 19.4. The zero-order valence-electron chi connectivity index (χ0n) is 10.0. The number of aromatic nitrogens is 1. The summed E-state index contributed by atoms with van der Waals surface area (Å²) in [5.41, 5.74) is 1.63. The molecule has 0 unspecified atom stereocenters. The molecular weight excluding hydrogens is 202 g/mol. The molecule has 0 N–H and O–H groups in total. The van der Waals surface area contributed by atoms with Gasteiger partial charge in [-0.15, -0.1) is 0 Å². The Hall–Kier alpha value is -0.370. The minimum absolute atomic E-state index is 0.268. The molecule has 84 valence electrons. The van der Waals surface area contributed by atoms with Crippen LogP contribution in [0.1, 0.15) is 69.4 Å². The standard InChI is InChI=1S/C13H21NS/c1-13(2,3)12-9-11(14-15-12)10-7-5-4-6-8-10/h9-10H,4-8H2,1-3H3. The zero-order valence-corrected chi connectivity index (χ0v) is 10.9. The van der Waals surface area contributed by atoms with Gasteiger partial charge in [0.05, 0.1) is 5.69 Å². The molecule has 2 rings (SSSR count). The van der Waals surface area contributed by atoms with E-state index in [0.717, 1.165) is 5.92 Å². The summed E-state index contributed by atoms with van der Waals surface area (Å²) in [5, 5.41) is 0. The molecule has 1 aromatic rings. The molecule has 0 radical (unpaired) electrons. The first-order chi connectivity index (χ1) is 7.07. The van der Waals surface area contributed by atoms with Gasteiger partial charge in [-0.25, -0.2) is 0 Å². The average molecular weight is 223 g/mol. The number of nitrogens with zero attached hydrogens (tertiary/aromatic N) is 1. The SMILES string of the molecule is CC(C)(C)c1cc(C2CCCCC2)ns1. The molecule has 1 heterocycles. The summed E-state index contributed by atoms with van der Waals surface area (Å²) in [6.07, 6.45) is 6.92. The van der Waals surface area contributed by atoms with Gasteiger partial charge in [-0.05, 0) is 35.9 Å². The summed E-state index contributed by atoms with van der Waals surface area (Å²) in [7, 11) is 0. The van der Waals surface area contributed by atoms with Crippen LogP contribution in [0, 0.1) is 0 Å². The lowest BCUT2D eigenvalue weighted by Gasteiger charge is -2.19. The second-order valence-electron chi connectivity index (χ2n) is 5.70. The molecule has 0 saturated heterocycles. The third-order valence-electron chi connectivity index (χ3n) is 3.29. The van der Waals surface area contributed by atoms with Gasteiger partial charge in [-0.1, -0.05) is 40.0 Å². The van der Waals surface area contributed by atoms with E-state index in [4.69, 9.17) is 0 Å². The monoisotopic (exact) mass is 223 g/mol. The largest absolute Gasteiger partial charge is 0.197 e. The van der Waals surface area contributed by atoms with Crippen molar-refractivity contribution >= 4 is 11.5 Å². The van der Waals surface area contributed by atoms with E-state index in [1.807, 2.05) is 0 Å². The zero-order chi connectivity index (χ0) is 10.9. The van der Waals surface area contributed by atoms with Crippen molar-refractivity contribution in [3.63, 3.8) is 0 Å². The smallest absolute Gasteiger partial charge is 0.0576 e. The van der Waals surface area contributed by atoms with Crippen molar-refractivity contribution in [1.29, 1.82) is 0 Å². The molecule has 0 aromatic carbocycles. The Balaban J connectivity index is 2.12. The van der Waals surface area contributed by atoms with Gasteiger partial charge in [0.25, 0.3) is 0 Å². The Bertz CT molecular complexity index is 316. The van der Waals surface area contributed by atoms with E-state index >= 15 is 0 Å². The van der Waals surface area contributed by atoms with Crippen molar-refractivity contribution in [2.45, 2.75) is 64.2 Å². The van der Waals surface area contributed by atoms with Gasteiger partial charge in [0.15, 0.2) is 0 Å². The molecule has 1 nitrogen and oxygen atoms in total. The summed E-state index contributed by atoms with van der Waals surface area (Å²) in [5.74, 6) is 0.756. The Labute approximate surface area is 97.1 Å². The van der Waals surface area contributed by atoms with Gasteiger partial charge in [-0.2, -0.15) is 4.37 Å². The van der Waals surface area contributed by atoms with Crippen LogP contribution >= 0.6 is 11.5 Å². The Kier molecular flexibility index (Phi) is 3.15. The van der Waals surface area contributed by atoms with E-state index in [2.05, 4.69) is 31.2 Å². The topological polar surface area (TPSA) is 12.9 Å². The van der Waals surface area contributed by atoms with Crippen LogP contribution in [0.15, 0.2) is 6.07 Å². The summed E-state index contributed by atoms with van der Waals surface area (Å²) in [6, 6.07) is 2.35. The molecule has 2 heteroatoms. The van der Waals surface area contributed by atoms with E-state index in [1.165, 1.54) is 42.7 Å². The van der Waals surface area contributed by atoms with E-state index < -0.39 is 0 Å². The summed E-state index contributed by atoms with van der Waals surface area (Å²) < 4.78 is 4.65. The molecule has 1 aromatic heterocycles. The Morgan fingerprint density at radius 1 is 1.20 bits per heavy atom. The van der Waals surface area contributed by atoms with E-state index in [0.29, 0.717) is 0 Å². The Morgan fingerprint density at radius 3 is 2.40 bits per heavy atom. The number of hydrogen-bond acceptors (Lipinski definition) is 2. The maximum Gasteiger partial charge on any atom is 0.0576 e. The maximum absolute atomic E-state index is 4.65. The van der Waals surface area contributed by atoms with Gasteiger partial charge in [0.2, 0.25) is 0 Å². The van der Waals surface area contributed by atoms with E-state index in [-0.39, 0.29) is 5.41 Å². The van der Waals surface area contributed by atoms with Gasteiger partial charge in [0, 0.05) is 10.8 Å². The summed E-state index contributed by atoms with van der Waals surface area (Å²) >= 11 is 1.70. The Morgan fingerprint density at radius 2 is 1.87 bits per heavy atom. The van der Waals surface area contributed by atoms with Gasteiger partial charge in [0.1, 0.15) is 0 Å². The molecule has 15 heavy (non-hydrogen) atoms. The fourth-order valence-electron chi connectivity index (χ4n) is 2.23. The summed E-state index contributed by atoms with van der Waals surface area (Å²) in [6.45, 7) is 6.81. The molecular formula is C13H21NS. The third-order valence-corrected chi connectivity index (χ3v) is 4.52. The van der Waals surface area contributed by atoms with Crippen LogP contribution in [0.2, 0.25) is 0 Å². The second-order valence-corrected chi connectivity index (χ2v) is 6.51. The van der Waals surface area contributed by atoms with Crippen molar-refractivity contribution < 1.29 is 0 Å². The first-order valence-electron chi connectivity index (χ1n) is 6.04. The quantitative estimate of drug-likeness (QED) is 0.683. The van der Waals surface area contributed by atoms with Gasteiger partial charge in [-0.3, -0.25) is 0 Å². The highest BCUT2D eigenvalue weighted by Gasteiger charge is 2.22. The first kappa shape index (κ1) is 11.1. The van der Waals surface area contributed by atoms with Crippen LogP contribution in [-0.2, 0) is 5.41 Å². The van der Waals surface area contributed by atoms with Crippen LogP contribution in [0.5, 0.6) is 0 Å². The minimum Gasteiger partial charge on any atom is -0.197 e. The number of rotatable bonds is 1. The molecule has 1 aliphatic carbocycles. The van der Waals surface area contributed by atoms with Crippen LogP contribution in [0.4, 0.5) is 0 Å². The predicted molar refractivity (Wildman–Crippen MR) is 66.6 cm³/mol. The molecule has 0 spiro atoms.